The summed E-state index contributed by atoms with van der Waals surface area (Å²) in [6.07, 6.45) is -4.53. The molecule has 94 valence electrons. The van der Waals surface area contributed by atoms with Gasteiger partial charge in [0.05, 0.1) is 6.61 Å². The third-order valence-electron chi connectivity index (χ3n) is 1.93. The van der Waals surface area contributed by atoms with Crippen LogP contribution in [0.5, 0.6) is 0 Å². The van der Waals surface area contributed by atoms with E-state index in [0.717, 1.165) is 16.8 Å². The van der Waals surface area contributed by atoms with E-state index in [1.165, 1.54) is 0 Å². The first-order chi connectivity index (χ1) is 7.98. The van der Waals surface area contributed by atoms with Crippen molar-refractivity contribution in [3.63, 3.8) is 0 Å². The van der Waals surface area contributed by atoms with Gasteiger partial charge in [0, 0.05) is 17.8 Å². The maximum atomic E-state index is 11.6. The molecular weight excluding hydrogens is 239 g/mol. The van der Waals surface area contributed by atoms with E-state index >= 15 is 0 Å². The van der Waals surface area contributed by atoms with Gasteiger partial charge in [0.15, 0.2) is 0 Å². The molecule has 0 aromatic rings. The second kappa shape index (κ2) is 5.53. The minimum absolute atomic E-state index is 0.157. The van der Waals surface area contributed by atoms with Crippen LogP contribution < -0.4 is 5.32 Å². The number of fused-ring (bicyclic) bond motifs is 1. The first-order valence-electron chi connectivity index (χ1n) is 4.65. The van der Waals surface area contributed by atoms with Crippen molar-refractivity contribution >= 4 is 12.2 Å². The van der Waals surface area contributed by atoms with E-state index in [9.17, 15) is 13.2 Å². The van der Waals surface area contributed by atoms with Crippen LogP contribution in [0.15, 0.2) is 18.2 Å². The molecule has 2 N–H and O–H groups in total. The van der Waals surface area contributed by atoms with E-state index in [-0.39, 0.29) is 19.6 Å². The van der Waals surface area contributed by atoms with Crippen LogP contribution in [-0.4, -0.2) is 31.1 Å². The lowest BCUT2D eigenvalue weighted by molar-refractivity contribution is -0.322. The second-order valence-electron chi connectivity index (χ2n) is 3.09. The van der Waals surface area contributed by atoms with Crippen molar-refractivity contribution in [2.45, 2.75) is 6.36 Å². The number of anilines is 1. The van der Waals surface area contributed by atoms with Crippen LogP contribution in [-0.2, 0) is 9.53 Å². The third kappa shape index (κ3) is 4.73. The quantitative estimate of drug-likeness (QED) is 0.645. The topological polar surface area (TPSA) is 58.6 Å². The highest BCUT2D eigenvalue weighted by molar-refractivity contribution is 5.93. The summed E-state index contributed by atoms with van der Waals surface area (Å²) in [5, 5.41) is 9.75. The van der Waals surface area contributed by atoms with Gasteiger partial charge in [-0.3, -0.25) is 9.53 Å². The predicted octanol–water partition coefficient (Wildman–Crippen LogP) is 2.32. The normalized spacial score (nSPS) is 11.2. The lowest BCUT2D eigenvalue weighted by Gasteiger charge is -2.08. The molecule has 17 heavy (non-hydrogen) atoms. The standard InChI is InChI=1S/C9H8F3NO.CH2O2/c10-9(11,12)14-4-3-13-8-2-1-6-5-7(6)8;2-1-3/h1-2,5,13H,3-4H2;1H,(H,2,3). The fraction of sp³-hybridized carbons (Fsp3) is 0.300. The molecule has 0 spiro atoms. The van der Waals surface area contributed by atoms with Crippen LogP contribution in [0.2, 0.25) is 0 Å². The van der Waals surface area contributed by atoms with Gasteiger partial charge in [0.25, 0.3) is 6.47 Å². The summed E-state index contributed by atoms with van der Waals surface area (Å²) in [6.45, 7) is -0.465. The molecule has 0 saturated heterocycles. The number of hydrogen-bond donors (Lipinski definition) is 2. The largest absolute Gasteiger partial charge is 0.522 e. The molecule has 7 heteroatoms. The molecule has 2 aliphatic carbocycles. The number of nitrogens with one attached hydrogen (secondary N) is 1. The van der Waals surface area contributed by atoms with Crippen molar-refractivity contribution < 1.29 is 27.8 Å². The van der Waals surface area contributed by atoms with Crippen molar-refractivity contribution in [1.29, 1.82) is 0 Å². The van der Waals surface area contributed by atoms with Gasteiger partial charge in [-0.05, 0) is 17.7 Å². The van der Waals surface area contributed by atoms with Gasteiger partial charge in [-0.25, -0.2) is 0 Å². The summed E-state index contributed by atoms with van der Waals surface area (Å²) >= 11 is 0. The van der Waals surface area contributed by atoms with E-state index < -0.39 is 6.36 Å². The molecular formula is C10H10F3NO3. The van der Waals surface area contributed by atoms with Crippen LogP contribution in [0.25, 0.3) is 11.1 Å². The molecule has 0 amide bonds. The summed E-state index contributed by atoms with van der Waals surface area (Å²) in [5.74, 6) is 0. The van der Waals surface area contributed by atoms with Gasteiger partial charge < -0.3 is 10.4 Å². The fourth-order valence-corrected chi connectivity index (χ4v) is 1.26. The van der Waals surface area contributed by atoms with Crippen LogP contribution in [0, 0.1) is 0 Å². The Morgan fingerprint density at radius 3 is 2.47 bits per heavy atom. The Labute approximate surface area is 95.0 Å². The molecule has 4 nitrogen and oxygen atoms in total. The number of carbonyl (C=O) groups is 1. The van der Waals surface area contributed by atoms with Crippen molar-refractivity contribution in [3.05, 3.63) is 18.2 Å². The van der Waals surface area contributed by atoms with E-state index in [4.69, 9.17) is 9.90 Å². The molecule has 2 aliphatic rings. The Hall–Kier alpha value is -1.76. The summed E-state index contributed by atoms with van der Waals surface area (Å²) in [6, 6.07) is 5.73. The Morgan fingerprint density at radius 2 is 2.06 bits per heavy atom. The Bertz CT molecular complexity index is 393. The lowest BCUT2D eigenvalue weighted by atomic mass is 10.4. The lowest BCUT2D eigenvalue weighted by Crippen LogP contribution is -2.19. The van der Waals surface area contributed by atoms with Crippen LogP contribution >= 0.6 is 0 Å². The first-order valence-corrected chi connectivity index (χ1v) is 4.65. The molecule has 0 aliphatic heterocycles. The van der Waals surface area contributed by atoms with E-state index in [0.29, 0.717) is 0 Å². The minimum atomic E-state index is -4.53. The van der Waals surface area contributed by atoms with Crippen molar-refractivity contribution in [1.82, 2.24) is 0 Å². The third-order valence-corrected chi connectivity index (χ3v) is 1.93. The number of ether oxygens (including phenoxy) is 1. The van der Waals surface area contributed by atoms with Crippen LogP contribution in [0.1, 0.15) is 0 Å². The Morgan fingerprint density at radius 1 is 1.41 bits per heavy atom. The number of hydrogen-bond acceptors (Lipinski definition) is 3. The molecule has 0 fully saturated rings. The van der Waals surface area contributed by atoms with Gasteiger partial charge in [0.2, 0.25) is 0 Å². The van der Waals surface area contributed by atoms with Crippen LogP contribution in [0.3, 0.4) is 0 Å². The monoisotopic (exact) mass is 249 g/mol. The average Bonchev–Trinajstić information content (AvgIpc) is 2.89. The van der Waals surface area contributed by atoms with Crippen LogP contribution in [0.4, 0.5) is 18.9 Å². The van der Waals surface area contributed by atoms with E-state index in [1.54, 1.807) is 0 Å². The molecule has 0 radical (unpaired) electrons. The Balaban J connectivity index is 0.000000437. The van der Waals surface area contributed by atoms with E-state index in [2.05, 4.69) is 10.1 Å². The van der Waals surface area contributed by atoms with Crippen molar-refractivity contribution in [3.8, 4) is 11.1 Å². The predicted molar refractivity (Wildman–Crippen MR) is 54.6 cm³/mol. The highest BCUT2D eigenvalue weighted by Crippen LogP contribution is 2.41. The molecule has 0 aromatic carbocycles. The Kier molecular flexibility index (Phi) is 4.33. The zero-order chi connectivity index (χ0) is 12.9. The SMILES string of the molecule is FC(F)(F)OCCNc1ccc2cc1-2.O=CO. The minimum Gasteiger partial charge on any atom is -0.483 e. The summed E-state index contributed by atoms with van der Waals surface area (Å²) < 4.78 is 38.3. The van der Waals surface area contributed by atoms with Gasteiger partial charge in [-0.1, -0.05) is 6.07 Å². The molecule has 0 aromatic heterocycles. The number of alkyl halides is 3. The van der Waals surface area contributed by atoms with Gasteiger partial charge in [-0.2, -0.15) is 0 Å². The zero-order valence-corrected chi connectivity index (χ0v) is 8.62. The zero-order valence-electron chi connectivity index (χ0n) is 8.62. The maximum Gasteiger partial charge on any atom is 0.522 e. The molecule has 0 atom stereocenters. The van der Waals surface area contributed by atoms with E-state index in [1.807, 2.05) is 18.2 Å². The summed E-state index contributed by atoms with van der Waals surface area (Å²) in [7, 11) is 0. The highest BCUT2D eigenvalue weighted by atomic mass is 19.4. The smallest absolute Gasteiger partial charge is 0.483 e. The number of halogens is 3. The number of carboxylic acid groups (broad SMARTS) is 1. The number of benzene rings is 1. The van der Waals surface area contributed by atoms with Crippen molar-refractivity contribution in [2.24, 2.45) is 0 Å². The van der Waals surface area contributed by atoms with Gasteiger partial charge in [0.1, 0.15) is 0 Å². The fourth-order valence-electron chi connectivity index (χ4n) is 1.26. The number of rotatable bonds is 4. The highest BCUT2D eigenvalue weighted by Gasteiger charge is 2.28. The van der Waals surface area contributed by atoms with Gasteiger partial charge >= 0.3 is 6.36 Å². The van der Waals surface area contributed by atoms with Gasteiger partial charge in [-0.15, -0.1) is 13.2 Å². The first kappa shape index (κ1) is 13.3. The van der Waals surface area contributed by atoms with Crippen molar-refractivity contribution in [2.75, 3.05) is 18.5 Å². The molecule has 0 bridgehead atoms. The summed E-state index contributed by atoms with van der Waals surface area (Å²) in [5.41, 5.74) is 3.13. The molecule has 0 unspecified atom stereocenters. The molecule has 0 heterocycles. The maximum absolute atomic E-state index is 11.6. The molecule has 2 rings (SSSR count). The second-order valence-corrected chi connectivity index (χ2v) is 3.09. The average molecular weight is 249 g/mol. The molecule has 0 saturated carbocycles. The summed E-state index contributed by atoms with van der Waals surface area (Å²) in [4.78, 5) is 8.36.